The van der Waals surface area contributed by atoms with Crippen LogP contribution in [0.2, 0.25) is 0 Å². The van der Waals surface area contributed by atoms with E-state index in [4.69, 9.17) is 15.9 Å². The molecule has 0 heterocycles. The first kappa shape index (κ1) is 18.4. The van der Waals surface area contributed by atoms with Gasteiger partial charge in [-0.05, 0) is 47.5 Å². The first-order chi connectivity index (χ1) is 13.1. The molecule has 3 aromatic rings. The molecular weight excluding hydrogens is 338 g/mol. The molecule has 0 bridgehead atoms. The van der Waals surface area contributed by atoms with Crippen molar-refractivity contribution in [2.75, 3.05) is 0 Å². The normalized spacial score (nSPS) is 10.4. The highest BCUT2D eigenvalue weighted by molar-refractivity contribution is 5.95. The van der Waals surface area contributed by atoms with E-state index in [9.17, 15) is 4.79 Å². The van der Waals surface area contributed by atoms with Gasteiger partial charge < -0.3 is 15.8 Å². The molecule has 0 atom stereocenters. The van der Waals surface area contributed by atoms with Crippen molar-refractivity contribution < 1.29 is 9.53 Å². The standard InChI is InChI=1S/C22H21N3O2/c23-21(24)18-10-12-20(13-11-18)27-22(26)19-8-6-17(7-9-19)15-25-14-16-4-2-1-3-5-16/h1-13,25H,14-15H2,(H3,23,24). The molecule has 4 N–H and O–H groups in total. The van der Waals surface area contributed by atoms with Gasteiger partial charge in [-0.15, -0.1) is 0 Å². The Bertz CT molecular complexity index is 905. The maximum Gasteiger partial charge on any atom is 0.343 e. The molecule has 3 aromatic carbocycles. The van der Waals surface area contributed by atoms with Crippen molar-refractivity contribution in [1.82, 2.24) is 5.32 Å². The minimum atomic E-state index is -0.422. The summed E-state index contributed by atoms with van der Waals surface area (Å²) in [5.74, 6) is -0.0303. The number of hydrogen-bond acceptors (Lipinski definition) is 4. The maximum absolute atomic E-state index is 12.2. The molecule has 0 unspecified atom stereocenters. The molecule has 0 aliphatic rings. The third kappa shape index (κ3) is 5.26. The fraction of sp³-hybridized carbons (Fsp3) is 0.0909. The van der Waals surface area contributed by atoms with E-state index in [0.29, 0.717) is 16.9 Å². The van der Waals surface area contributed by atoms with Crippen LogP contribution in [0, 0.1) is 5.41 Å². The van der Waals surface area contributed by atoms with E-state index in [1.54, 1.807) is 36.4 Å². The zero-order valence-corrected chi connectivity index (χ0v) is 14.8. The summed E-state index contributed by atoms with van der Waals surface area (Å²) in [6, 6.07) is 24.1. The quantitative estimate of drug-likeness (QED) is 0.261. The van der Waals surface area contributed by atoms with Crippen LogP contribution in [-0.4, -0.2) is 11.8 Å². The van der Waals surface area contributed by atoms with Gasteiger partial charge in [-0.3, -0.25) is 5.41 Å². The van der Waals surface area contributed by atoms with E-state index in [2.05, 4.69) is 17.4 Å². The predicted octanol–water partition coefficient (Wildman–Crippen LogP) is 3.48. The van der Waals surface area contributed by atoms with Gasteiger partial charge in [-0.1, -0.05) is 42.5 Å². The molecule has 27 heavy (non-hydrogen) atoms. The fourth-order valence-electron chi connectivity index (χ4n) is 2.57. The Morgan fingerprint density at radius 1 is 0.815 bits per heavy atom. The Labute approximate surface area is 158 Å². The third-order valence-electron chi connectivity index (χ3n) is 4.07. The Hall–Kier alpha value is -3.44. The Balaban J connectivity index is 1.53. The van der Waals surface area contributed by atoms with Crippen molar-refractivity contribution in [1.29, 1.82) is 5.41 Å². The summed E-state index contributed by atoms with van der Waals surface area (Å²) in [4.78, 5) is 12.2. The lowest BCUT2D eigenvalue weighted by Crippen LogP contribution is -2.13. The van der Waals surface area contributed by atoms with Gasteiger partial charge in [0.15, 0.2) is 0 Å². The van der Waals surface area contributed by atoms with Gasteiger partial charge in [-0.2, -0.15) is 0 Å². The molecule has 0 aliphatic carbocycles. The van der Waals surface area contributed by atoms with Crippen molar-refractivity contribution in [3.05, 3.63) is 101 Å². The minimum Gasteiger partial charge on any atom is -0.423 e. The number of amidine groups is 1. The van der Waals surface area contributed by atoms with Gasteiger partial charge >= 0.3 is 5.97 Å². The number of nitrogen functional groups attached to an aromatic ring is 1. The van der Waals surface area contributed by atoms with Crippen molar-refractivity contribution in [2.24, 2.45) is 5.73 Å². The van der Waals surface area contributed by atoms with Gasteiger partial charge in [-0.25, -0.2) is 4.79 Å². The van der Waals surface area contributed by atoms with E-state index in [1.807, 2.05) is 30.3 Å². The summed E-state index contributed by atoms with van der Waals surface area (Å²) < 4.78 is 5.35. The van der Waals surface area contributed by atoms with E-state index < -0.39 is 5.97 Å². The fourth-order valence-corrected chi connectivity index (χ4v) is 2.57. The lowest BCUT2D eigenvalue weighted by atomic mass is 10.1. The molecular formula is C22H21N3O2. The minimum absolute atomic E-state index is 0.0238. The predicted molar refractivity (Wildman–Crippen MR) is 106 cm³/mol. The molecule has 0 amide bonds. The molecule has 0 aliphatic heterocycles. The number of rotatable bonds is 7. The van der Waals surface area contributed by atoms with Crippen LogP contribution in [0.25, 0.3) is 0 Å². The third-order valence-corrected chi connectivity index (χ3v) is 4.07. The monoisotopic (exact) mass is 359 g/mol. The Morgan fingerprint density at radius 3 is 1.96 bits per heavy atom. The molecule has 0 saturated carbocycles. The van der Waals surface area contributed by atoms with Gasteiger partial charge in [0.2, 0.25) is 0 Å². The molecule has 0 saturated heterocycles. The van der Waals surface area contributed by atoms with Crippen molar-refractivity contribution >= 4 is 11.8 Å². The molecule has 0 fully saturated rings. The molecule has 5 heteroatoms. The Kier molecular flexibility index (Phi) is 5.97. The molecule has 0 spiro atoms. The largest absolute Gasteiger partial charge is 0.423 e. The van der Waals surface area contributed by atoms with E-state index >= 15 is 0 Å². The van der Waals surface area contributed by atoms with Crippen LogP contribution in [0.4, 0.5) is 0 Å². The van der Waals surface area contributed by atoms with E-state index in [-0.39, 0.29) is 5.84 Å². The molecule has 136 valence electrons. The van der Waals surface area contributed by atoms with Crippen molar-refractivity contribution in [3.8, 4) is 5.75 Å². The maximum atomic E-state index is 12.2. The first-order valence-electron chi connectivity index (χ1n) is 8.62. The van der Waals surface area contributed by atoms with Gasteiger partial charge in [0.1, 0.15) is 11.6 Å². The van der Waals surface area contributed by atoms with Crippen LogP contribution < -0.4 is 15.8 Å². The molecule has 5 nitrogen and oxygen atoms in total. The van der Waals surface area contributed by atoms with Crippen molar-refractivity contribution in [3.63, 3.8) is 0 Å². The zero-order chi connectivity index (χ0) is 19.1. The number of benzene rings is 3. The van der Waals surface area contributed by atoms with Crippen LogP contribution in [0.5, 0.6) is 5.75 Å². The SMILES string of the molecule is N=C(N)c1ccc(OC(=O)c2ccc(CNCc3ccccc3)cc2)cc1. The van der Waals surface area contributed by atoms with Gasteiger partial charge in [0.25, 0.3) is 0 Å². The summed E-state index contributed by atoms with van der Waals surface area (Å²) >= 11 is 0. The van der Waals surface area contributed by atoms with E-state index in [0.717, 1.165) is 18.7 Å². The van der Waals surface area contributed by atoms with Crippen LogP contribution in [0.1, 0.15) is 27.0 Å². The first-order valence-corrected chi connectivity index (χ1v) is 8.62. The average Bonchev–Trinajstić information content (AvgIpc) is 2.70. The second-order valence-electron chi connectivity index (χ2n) is 6.11. The summed E-state index contributed by atoms with van der Waals surface area (Å²) in [5, 5.41) is 10.7. The van der Waals surface area contributed by atoms with Crippen LogP contribution in [0.3, 0.4) is 0 Å². The summed E-state index contributed by atoms with van der Waals surface area (Å²) in [6.45, 7) is 1.51. The topological polar surface area (TPSA) is 88.2 Å². The molecule has 3 rings (SSSR count). The summed E-state index contributed by atoms with van der Waals surface area (Å²) in [7, 11) is 0. The number of nitrogens with two attached hydrogens (primary N) is 1. The number of hydrogen-bond donors (Lipinski definition) is 3. The number of ether oxygens (including phenoxy) is 1. The summed E-state index contributed by atoms with van der Waals surface area (Å²) in [6.07, 6.45) is 0. The van der Waals surface area contributed by atoms with E-state index in [1.165, 1.54) is 5.56 Å². The van der Waals surface area contributed by atoms with Crippen LogP contribution in [0.15, 0.2) is 78.9 Å². The summed E-state index contributed by atoms with van der Waals surface area (Å²) in [5.41, 5.74) is 8.80. The van der Waals surface area contributed by atoms with Gasteiger partial charge in [0.05, 0.1) is 5.56 Å². The number of nitrogens with one attached hydrogen (secondary N) is 2. The average molecular weight is 359 g/mol. The smallest absolute Gasteiger partial charge is 0.343 e. The van der Waals surface area contributed by atoms with Crippen LogP contribution >= 0.6 is 0 Å². The highest BCUT2D eigenvalue weighted by Crippen LogP contribution is 2.15. The Morgan fingerprint density at radius 2 is 1.37 bits per heavy atom. The second kappa shape index (κ2) is 8.78. The second-order valence-corrected chi connectivity index (χ2v) is 6.11. The highest BCUT2D eigenvalue weighted by atomic mass is 16.5. The lowest BCUT2D eigenvalue weighted by molar-refractivity contribution is 0.0735. The number of esters is 1. The molecule has 0 aromatic heterocycles. The van der Waals surface area contributed by atoms with Gasteiger partial charge in [0, 0.05) is 18.7 Å². The van der Waals surface area contributed by atoms with Crippen LogP contribution in [-0.2, 0) is 13.1 Å². The highest BCUT2D eigenvalue weighted by Gasteiger charge is 2.09. The van der Waals surface area contributed by atoms with Crippen molar-refractivity contribution in [2.45, 2.75) is 13.1 Å². The number of carbonyl (C=O) groups is 1. The molecule has 0 radical (unpaired) electrons. The number of carbonyl (C=O) groups excluding carboxylic acids is 1. The lowest BCUT2D eigenvalue weighted by Gasteiger charge is -2.07. The zero-order valence-electron chi connectivity index (χ0n) is 14.8.